The Morgan fingerprint density at radius 1 is 1.32 bits per heavy atom. The number of fused-ring (bicyclic) bond motifs is 1. The number of aromatic nitrogens is 3. The van der Waals surface area contributed by atoms with Crippen LogP contribution in [0.2, 0.25) is 0 Å². The second-order valence-corrected chi connectivity index (χ2v) is 5.11. The maximum Gasteiger partial charge on any atom is 0.274 e. The van der Waals surface area contributed by atoms with E-state index < -0.39 is 0 Å². The predicted molar refractivity (Wildman–Crippen MR) is 84.6 cm³/mol. The maximum atomic E-state index is 13.3. The Kier molecular flexibility index (Phi) is 3.66. The van der Waals surface area contributed by atoms with Crippen LogP contribution in [-0.2, 0) is 13.6 Å². The maximum absolute atomic E-state index is 13.3. The van der Waals surface area contributed by atoms with E-state index in [9.17, 15) is 9.18 Å². The highest BCUT2D eigenvalue weighted by Gasteiger charge is 2.10. The van der Waals surface area contributed by atoms with Gasteiger partial charge in [0.25, 0.3) is 5.56 Å². The number of nitrogens with zero attached hydrogens (tertiary/aromatic N) is 3. The summed E-state index contributed by atoms with van der Waals surface area (Å²) in [5.41, 5.74) is 1.90. The van der Waals surface area contributed by atoms with Crippen LogP contribution < -0.4 is 10.9 Å². The van der Waals surface area contributed by atoms with Gasteiger partial charge in [-0.05, 0) is 31.2 Å². The fourth-order valence-corrected chi connectivity index (χ4v) is 2.50. The summed E-state index contributed by atoms with van der Waals surface area (Å²) < 4.78 is 16.8. The van der Waals surface area contributed by atoms with Crippen LogP contribution in [0.5, 0.6) is 0 Å². The first-order chi connectivity index (χ1) is 10.6. The lowest BCUT2D eigenvalue weighted by atomic mass is 10.3. The molecule has 0 amide bonds. The van der Waals surface area contributed by atoms with E-state index in [0.717, 1.165) is 5.52 Å². The average molecular weight is 300 g/mol. The van der Waals surface area contributed by atoms with Crippen molar-refractivity contribution in [3.8, 4) is 0 Å². The lowest BCUT2D eigenvalue weighted by Gasteiger charge is -2.09. The summed E-state index contributed by atoms with van der Waals surface area (Å²) in [6.07, 6.45) is 1.73. The monoisotopic (exact) mass is 300 g/mol. The highest BCUT2D eigenvalue weighted by Crippen LogP contribution is 2.16. The van der Waals surface area contributed by atoms with Crippen LogP contribution in [0.3, 0.4) is 0 Å². The fraction of sp³-hybridized carbons (Fsp3) is 0.250. The van der Waals surface area contributed by atoms with Crippen molar-refractivity contribution in [3.05, 3.63) is 58.5 Å². The van der Waals surface area contributed by atoms with E-state index >= 15 is 0 Å². The Balaban J connectivity index is 2.02. The third-order valence-electron chi connectivity index (χ3n) is 3.63. The summed E-state index contributed by atoms with van der Waals surface area (Å²) in [7, 11) is 1.86. The van der Waals surface area contributed by atoms with Crippen molar-refractivity contribution in [2.75, 3.05) is 11.9 Å². The van der Waals surface area contributed by atoms with E-state index in [1.165, 1.54) is 12.1 Å². The summed E-state index contributed by atoms with van der Waals surface area (Å²) in [4.78, 5) is 16.8. The van der Waals surface area contributed by atoms with Crippen molar-refractivity contribution in [2.24, 2.45) is 7.05 Å². The molecule has 0 aliphatic heterocycles. The smallest absolute Gasteiger partial charge is 0.274 e. The SMILES string of the molecule is CCNc1cccn(Cc2nc3cc(F)ccc3n2C)c1=O. The first-order valence-electron chi connectivity index (χ1n) is 7.14. The average Bonchev–Trinajstić information content (AvgIpc) is 2.79. The second kappa shape index (κ2) is 5.63. The topological polar surface area (TPSA) is 51.9 Å². The fourth-order valence-electron chi connectivity index (χ4n) is 2.50. The minimum absolute atomic E-state index is 0.0948. The van der Waals surface area contributed by atoms with Gasteiger partial charge in [0.15, 0.2) is 0 Å². The zero-order chi connectivity index (χ0) is 15.7. The van der Waals surface area contributed by atoms with Gasteiger partial charge < -0.3 is 14.5 Å². The highest BCUT2D eigenvalue weighted by atomic mass is 19.1. The number of anilines is 1. The van der Waals surface area contributed by atoms with Gasteiger partial charge in [0.2, 0.25) is 0 Å². The van der Waals surface area contributed by atoms with Crippen LogP contribution in [0.4, 0.5) is 10.1 Å². The van der Waals surface area contributed by atoms with Crippen molar-refractivity contribution in [1.29, 1.82) is 0 Å². The second-order valence-electron chi connectivity index (χ2n) is 5.11. The molecule has 0 bridgehead atoms. The predicted octanol–water partition coefficient (Wildman–Crippen LogP) is 2.35. The summed E-state index contributed by atoms with van der Waals surface area (Å²) in [5, 5.41) is 3.04. The quantitative estimate of drug-likeness (QED) is 0.804. The number of benzene rings is 1. The number of pyridine rings is 1. The van der Waals surface area contributed by atoms with E-state index in [1.54, 1.807) is 22.9 Å². The molecule has 1 N–H and O–H groups in total. The molecule has 0 saturated carbocycles. The molecule has 0 saturated heterocycles. The van der Waals surface area contributed by atoms with E-state index in [-0.39, 0.29) is 11.4 Å². The lowest BCUT2D eigenvalue weighted by Crippen LogP contribution is -2.24. The van der Waals surface area contributed by atoms with Gasteiger partial charge in [0.05, 0.1) is 17.6 Å². The lowest BCUT2D eigenvalue weighted by molar-refractivity contribution is 0.629. The number of halogens is 1. The molecule has 0 radical (unpaired) electrons. The van der Waals surface area contributed by atoms with Gasteiger partial charge in [-0.25, -0.2) is 9.37 Å². The first kappa shape index (κ1) is 14.3. The standard InChI is InChI=1S/C16H17FN4O/c1-3-18-12-5-4-8-21(16(12)22)10-15-19-13-9-11(17)6-7-14(13)20(15)2/h4-9,18H,3,10H2,1-2H3. The minimum Gasteiger partial charge on any atom is -0.381 e. The van der Waals surface area contributed by atoms with Gasteiger partial charge in [-0.3, -0.25) is 4.79 Å². The van der Waals surface area contributed by atoms with Crippen LogP contribution >= 0.6 is 0 Å². The Hall–Kier alpha value is -2.63. The van der Waals surface area contributed by atoms with Crippen LogP contribution in [0.15, 0.2) is 41.3 Å². The number of aryl methyl sites for hydroxylation is 1. The largest absolute Gasteiger partial charge is 0.381 e. The van der Waals surface area contributed by atoms with E-state index in [1.807, 2.05) is 24.6 Å². The number of hydrogen-bond acceptors (Lipinski definition) is 3. The van der Waals surface area contributed by atoms with Crippen LogP contribution in [0.25, 0.3) is 11.0 Å². The van der Waals surface area contributed by atoms with Crippen LogP contribution in [-0.4, -0.2) is 20.7 Å². The summed E-state index contributed by atoms with van der Waals surface area (Å²) in [6, 6.07) is 8.08. The molecule has 0 spiro atoms. The molecular weight excluding hydrogens is 283 g/mol. The zero-order valence-electron chi connectivity index (χ0n) is 12.5. The van der Waals surface area contributed by atoms with Crippen molar-refractivity contribution in [1.82, 2.24) is 14.1 Å². The number of rotatable bonds is 4. The Morgan fingerprint density at radius 2 is 2.14 bits per heavy atom. The van der Waals surface area contributed by atoms with Gasteiger partial charge in [-0.2, -0.15) is 0 Å². The molecule has 6 heteroatoms. The molecule has 3 aromatic rings. The number of nitrogens with one attached hydrogen (secondary N) is 1. The Morgan fingerprint density at radius 3 is 2.91 bits per heavy atom. The molecule has 0 atom stereocenters. The third-order valence-corrected chi connectivity index (χ3v) is 3.63. The minimum atomic E-state index is -0.316. The normalized spacial score (nSPS) is 11.0. The van der Waals surface area contributed by atoms with E-state index in [4.69, 9.17) is 0 Å². The molecule has 3 rings (SSSR count). The van der Waals surface area contributed by atoms with Gasteiger partial charge in [-0.15, -0.1) is 0 Å². The van der Waals surface area contributed by atoms with E-state index in [0.29, 0.717) is 30.1 Å². The summed E-state index contributed by atoms with van der Waals surface area (Å²) in [6.45, 7) is 2.96. The third kappa shape index (κ3) is 2.47. The molecule has 0 fully saturated rings. The molecule has 2 heterocycles. The Labute approximate surface area is 127 Å². The number of hydrogen-bond donors (Lipinski definition) is 1. The molecule has 0 aliphatic rings. The molecule has 114 valence electrons. The summed E-state index contributed by atoms with van der Waals surface area (Å²) in [5.74, 6) is 0.389. The number of imidazole rings is 1. The zero-order valence-corrected chi connectivity index (χ0v) is 12.5. The molecule has 0 aliphatic carbocycles. The van der Waals surface area contributed by atoms with Crippen LogP contribution in [0, 0.1) is 5.82 Å². The van der Waals surface area contributed by atoms with Crippen molar-refractivity contribution in [3.63, 3.8) is 0 Å². The van der Waals surface area contributed by atoms with Gasteiger partial charge in [-0.1, -0.05) is 0 Å². The summed E-state index contributed by atoms with van der Waals surface area (Å²) >= 11 is 0. The van der Waals surface area contributed by atoms with Crippen molar-refractivity contribution < 1.29 is 4.39 Å². The van der Waals surface area contributed by atoms with Gasteiger partial charge in [0, 0.05) is 25.9 Å². The molecule has 0 unspecified atom stereocenters. The molecular formula is C16H17FN4O. The van der Waals surface area contributed by atoms with Crippen molar-refractivity contribution in [2.45, 2.75) is 13.5 Å². The molecule has 5 nitrogen and oxygen atoms in total. The van der Waals surface area contributed by atoms with Gasteiger partial charge >= 0.3 is 0 Å². The molecule has 1 aromatic carbocycles. The van der Waals surface area contributed by atoms with Crippen LogP contribution in [0.1, 0.15) is 12.7 Å². The van der Waals surface area contributed by atoms with Crippen molar-refractivity contribution >= 4 is 16.7 Å². The first-order valence-corrected chi connectivity index (χ1v) is 7.14. The molecule has 22 heavy (non-hydrogen) atoms. The molecule has 2 aromatic heterocycles. The van der Waals surface area contributed by atoms with Gasteiger partial charge in [0.1, 0.15) is 17.3 Å². The highest BCUT2D eigenvalue weighted by molar-refractivity contribution is 5.75. The van der Waals surface area contributed by atoms with E-state index in [2.05, 4.69) is 10.3 Å². The Bertz CT molecular complexity index is 881.